The van der Waals surface area contributed by atoms with Crippen LogP contribution in [0.4, 0.5) is 20.5 Å². The van der Waals surface area contributed by atoms with Crippen LogP contribution in [0.25, 0.3) is 0 Å². The standard InChI is InChI=1S/C11H8ClF2N3O3/c12-4-3-9-16-17-10(18-9)15-6-1-2-7-8(5-6)20-11(13,14)19-7/h1-2,5H,3-4H2,(H,15,17). The van der Waals surface area contributed by atoms with Gasteiger partial charge in [0.1, 0.15) is 0 Å². The number of rotatable bonds is 4. The number of hydrogen-bond acceptors (Lipinski definition) is 6. The largest absolute Gasteiger partial charge is 0.586 e. The summed E-state index contributed by atoms with van der Waals surface area (Å²) in [6.07, 6.45) is -3.19. The number of benzene rings is 1. The average molecular weight is 304 g/mol. The Hall–Kier alpha value is -2.09. The Balaban J connectivity index is 1.75. The van der Waals surface area contributed by atoms with Gasteiger partial charge in [-0.2, -0.15) is 0 Å². The summed E-state index contributed by atoms with van der Waals surface area (Å²) in [6.45, 7) is 0. The van der Waals surface area contributed by atoms with E-state index in [4.69, 9.17) is 16.0 Å². The first-order valence-electron chi connectivity index (χ1n) is 5.61. The third kappa shape index (κ3) is 2.60. The molecule has 0 amide bonds. The predicted octanol–water partition coefficient (Wildman–Crippen LogP) is 2.92. The van der Waals surface area contributed by atoms with Gasteiger partial charge in [-0.05, 0) is 12.1 Å². The second-order valence-corrected chi connectivity index (χ2v) is 4.27. The minimum Gasteiger partial charge on any atom is -0.408 e. The third-order valence-electron chi connectivity index (χ3n) is 2.43. The summed E-state index contributed by atoms with van der Waals surface area (Å²) in [5.41, 5.74) is 0.450. The smallest absolute Gasteiger partial charge is 0.408 e. The second-order valence-electron chi connectivity index (χ2n) is 3.89. The van der Waals surface area contributed by atoms with Crippen LogP contribution in [0.15, 0.2) is 22.6 Å². The van der Waals surface area contributed by atoms with Crippen molar-refractivity contribution in [1.82, 2.24) is 10.2 Å². The van der Waals surface area contributed by atoms with Gasteiger partial charge in [0.25, 0.3) is 0 Å². The van der Waals surface area contributed by atoms with Gasteiger partial charge >= 0.3 is 12.3 Å². The van der Waals surface area contributed by atoms with Crippen molar-refractivity contribution in [3.05, 3.63) is 24.1 Å². The topological polar surface area (TPSA) is 69.4 Å². The van der Waals surface area contributed by atoms with E-state index in [0.717, 1.165) is 0 Å². The Morgan fingerprint density at radius 1 is 1.20 bits per heavy atom. The molecule has 1 aliphatic rings. The molecule has 2 aromatic rings. The molecule has 0 unspecified atom stereocenters. The van der Waals surface area contributed by atoms with Gasteiger partial charge in [-0.15, -0.1) is 25.5 Å². The molecule has 0 spiro atoms. The highest BCUT2D eigenvalue weighted by atomic mass is 35.5. The van der Waals surface area contributed by atoms with E-state index in [-0.39, 0.29) is 17.5 Å². The zero-order chi connectivity index (χ0) is 14.2. The number of halogens is 3. The number of anilines is 2. The number of fused-ring (bicyclic) bond motifs is 1. The molecule has 0 saturated carbocycles. The maximum atomic E-state index is 12.9. The van der Waals surface area contributed by atoms with Crippen molar-refractivity contribution in [2.24, 2.45) is 0 Å². The molecule has 6 nitrogen and oxygen atoms in total. The number of ether oxygens (including phenoxy) is 2. The van der Waals surface area contributed by atoms with Crippen LogP contribution in [-0.4, -0.2) is 22.4 Å². The minimum atomic E-state index is -3.64. The lowest BCUT2D eigenvalue weighted by molar-refractivity contribution is -0.286. The Morgan fingerprint density at radius 2 is 2.00 bits per heavy atom. The summed E-state index contributed by atoms with van der Waals surface area (Å²) < 4.78 is 39.6. The lowest BCUT2D eigenvalue weighted by Crippen LogP contribution is -2.25. The first kappa shape index (κ1) is 12.9. The van der Waals surface area contributed by atoms with Crippen molar-refractivity contribution in [2.75, 3.05) is 11.2 Å². The summed E-state index contributed by atoms with van der Waals surface area (Å²) in [4.78, 5) is 0. The highest BCUT2D eigenvalue weighted by Gasteiger charge is 2.43. The number of nitrogens with one attached hydrogen (secondary N) is 1. The Bertz CT molecular complexity index is 635. The van der Waals surface area contributed by atoms with Gasteiger partial charge in [0.15, 0.2) is 11.5 Å². The fourth-order valence-corrected chi connectivity index (χ4v) is 1.80. The van der Waals surface area contributed by atoms with Crippen LogP contribution in [0, 0.1) is 0 Å². The van der Waals surface area contributed by atoms with Gasteiger partial charge in [0.05, 0.1) is 0 Å². The monoisotopic (exact) mass is 303 g/mol. The Morgan fingerprint density at radius 3 is 2.80 bits per heavy atom. The van der Waals surface area contributed by atoms with Gasteiger partial charge in [-0.25, -0.2) is 0 Å². The molecule has 1 aromatic carbocycles. The molecule has 0 radical (unpaired) electrons. The van der Waals surface area contributed by atoms with Crippen LogP contribution in [0.5, 0.6) is 11.5 Å². The maximum absolute atomic E-state index is 12.9. The first-order valence-corrected chi connectivity index (χ1v) is 6.14. The molecular weight excluding hydrogens is 296 g/mol. The Labute approximate surface area is 116 Å². The highest BCUT2D eigenvalue weighted by Crippen LogP contribution is 2.42. The van der Waals surface area contributed by atoms with Crippen LogP contribution >= 0.6 is 11.6 Å². The molecule has 3 rings (SSSR count). The molecule has 0 saturated heterocycles. The first-order chi connectivity index (χ1) is 9.55. The van der Waals surface area contributed by atoms with Crippen molar-refractivity contribution in [1.29, 1.82) is 0 Å². The van der Waals surface area contributed by atoms with Gasteiger partial charge in [0.2, 0.25) is 5.89 Å². The SMILES string of the molecule is FC1(F)Oc2ccc(Nc3nnc(CCCl)o3)cc2O1. The molecule has 9 heteroatoms. The minimum absolute atomic E-state index is 0.0334. The van der Waals surface area contributed by atoms with E-state index in [1.165, 1.54) is 18.2 Å². The summed E-state index contributed by atoms with van der Waals surface area (Å²) >= 11 is 5.55. The van der Waals surface area contributed by atoms with Crippen LogP contribution in [-0.2, 0) is 6.42 Å². The summed E-state index contributed by atoms with van der Waals surface area (Å²) in [5, 5.41) is 10.3. The van der Waals surface area contributed by atoms with Crippen LogP contribution in [0.3, 0.4) is 0 Å². The van der Waals surface area contributed by atoms with E-state index < -0.39 is 6.29 Å². The van der Waals surface area contributed by atoms with Crippen molar-refractivity contribution in [3.8, 4) is 11.5 Å². The fourth-order valence-electron chi connectivity index (χ4n) is 1.64. The second kappa shape index (κ2) is 4.78. The van der Waals surface area contributed by atoms with E-state index in [9.17, 15) is 8.78 Å². The fraction of sp³-hybridized carbons (Fsp3) is 0.273. The summed E-state index contributed by atoms with van der Waals surface area (Å²) in [5.74, 6) is 0.643. The quantitative estimate of drug-likeness (QED) is 0.876. The van der Waals surface area contributed by atoms with Crippen LogP contribution in [0.2, 0.25) is 0 Å². The molecule has 1 aromatic heterocycles. The van der Waals surface area contributed by atoms with E-state index in [1.54, 1.807) is 0 Å². The summed E-state index contributed by atoms with van der Waals surface area (Å²) in [6, 6.07) is 4.36. The lowest BCUT2D eigenvalue weighted by atomic mass is 10.3. The van der Waals surface area contributed by atoms with Gasteiger partial charge < -0.3 is 19.2 Å². The zero-order valence-electron chi connectivity index (χ0n) is 9.90. The number of aryl methyl sites for hydroxylation is 1. The molecule has 1 aliphatic heterocycles. The Kier molecular flexibility index (Phi) is 3.09. The van der Waals surface area contributed by atoms with E-state index >= 15 is 0 Å². The molecule has 106 valence electrons. The van der Waals surface area contributed by atoms with Crippen molar-refractivity contribution < 1.29 is 22.7 Å². The lowest BCUT2D eigenvalue weighted by Gasteiger charge is -2.04. The molecular formula is C11H8ClF2N3O3. The van der Waals surface area contributed by atoms with Crippen molar-refractivity contribution in [3.63, 3.8) is 0 Å². The summed E-state index contributed by atoms with van der Waals surface area (Å²) in [7, 11) is 0. The number of aromatic nitrogens is 2. The molecule has 0 bridgehead atoms. The average Bonchev–Trinajstić information content (AvgIpc) is 2.92. The van der Waals surface area contributed by atoms with Gasteiger partial charge in [-0.3, -0.25) is 0 Å². The van der Waals surface area contributed by atoms with Crippen molar-refractivity contribution in [2.45, 2.75) is 12.7 Å². The van der Waals surface area contributed by atoms with Gasteiger partial charge in [-0.1, -0.05) is 5.10 Å². The number of nitrogens with zero attached hydrogens (tertiary/aromatic N) is 2. The van der Waals surface area contributed by atoms with E-state index in [0.29, 0.717) is 23.9 Å². The molecule has 20 heavy (non-hydrogen) atoms. The predicted molar refractivity (Wildman–Crippen MR) is 64.6 cm³/mol. The van der Waals surface area contributed by atoms with E-state index in [2.05, 4.69) is 25.0 Å². The molecule has 0 atom stereocenters. The third-order valence-corrected chi connectivity index (χ3v) is 2.62. The normalized spacial score (nSPS) is 15.3. The zero-order valence-corrected chi connectivity index (χ0v) is 10.7. The highest BCUT2D eigenvalue weighted by molar-refractivity contribution is 6.17. The van der Waals surface area contributed by atoms with Crippen LogP contribution in [0.1, 0.15) is 5.89 Å². The number of hydrogen-bond donors (Lipinski definition) is 1. The van der Waals surface area contributed by atoms with Crippen LogP contribution < -0.4 is 14.8 Å². The van der Waals surface area contributed by atoms with E-state index in [1.807, 2.05) is 0 Å². The molecule has 2 heterocycles. The molecule has 1 N–H and O–H groups in total. The number of alkyl halides is 3. The maximum Gasteiger partial charge on any atom is 0.586 e. The van der Waals surface area contributed by atoms with Crippen molar-refractivity contribution >= 4 is 23.3 Å². The molecule has 0 aliphatic carbocycles. The van der Waals surface area contributed by atoms with Gasteiger partial charge in [0, 0.05) is 24.1 Å². The molecule has 0 fully saturated rings.